The molecule has 3 aliphatic rings. The van der Waals surface area contributed by atoms with Gasteiger partial charge in [-0.25, -0.2) is 0 Å². The maximum Gasteiger partial charge on any atom is 0.421 e. The van der Waals surface area contributed by atoms with Crippen LogP contribution in [0, 0.1) is 23.7 Å². The molecule has 4 rings (SSSR count). The molecule has 3 aliphatic carbocycles. The van der Waals surface area contributed by atoms with Crippen molar-refractivity contribution in [3.63, 3.8) is 0 Å². The zero-order valence-electron chi connectivity index (χ0n) is 21.5. The lowest BCUT2D eigenvalue weighted by Crippen LogP contribution is -2.35. The van der Waals surface area contributed by atoms with Crippen LogP contribution in [0.15, 0.2) is 49.1 Å². The van der Waals surface area contributed by atoms with Gasteiger partial charge in [-0.2, -0.15) is 8.78 Å². The highest BCUT2D eigenvalue weighted by molar-refractivity contribution is 5.30. The van der Waals surface area contributed by atoms with Crippen molar-refractivity contribution in [2.75, 3.05) is 6.61 Å². The van der Waals surface area contributed by atoms with Gasteiger partial charge >= 0.3 is 6.11 Å². The van der Waals surface area contributed by atoms with Crippen LogP contribution in [0.5, 0.6) is 5.75 Å². The molecule has 0 heterocycles. The Hall–Kier alpha value is -1.68. The van der Waals surface area contributed by atoms with Crippen molar-refractivity contribution in [3.05, 3.63) is 54.6 Å². The molecule has 0 aliphatic heterocycles. The topological polar surface area (TPSA) is 18.5 Å². The first-order valence-corrected chi connectivity index (χ1v) is 14.0. The highest BCUT2D eigenvalue weighted by Gasteiger charge is 2.36. The molecule has 1 aromatic carbocycles. The number of hydrogen-bond donors (Lipinski definition) is 0. The lowest BCUT2D eigenvalue weighted by Gasteiger charge is -2.37. The summed E-state index contributed by atoms with van der Waals surface area (Å²) in [4.78, 5) is 0. The summed E-state index contributed by atoms with van der Waals surface area (Å²) in [6, 6.07) is 7.29. The van der Waals surface area contributed by atoms with E-state index in [4.69, 9.17) is 9.47 Å². The van der Waals surface area contributed by atoms with E-state index in [1.165, 1.54) is 44.1 Å². The molecule has 0 N–H and O–H groups in total. The average molecular weight is 487 g/mol. The largest absolute Gasteiger partial charge is 0.431 e. The van der Waals surface area contributed by atoms with Crippen LogP contribution in [0.4, 0.5) is 8.78 Å². The summed E-state index contributed by atoms with van der Waals surface area (Å²) in [6.45, 7) is 5.34. The smallest absolute Gasteiger partial charge is 0.421 e. The molecule has 0 amide bonds. The van der Waals surface area contributed by atoms with E-state index >= 15 is 0 Å². The molecule has 2 nitrogen and oxygen atoms in total. The average Bonchev–Trinajstić information content (AvgIpc) is 2.89. The normalized spacial score (nSPS) is 32.4. The lowest BCUT2D eigenvalue weighted by atomic mass is 9.70. The van der Waals surface area contributed by atoms with Crippen LogP contribution >= 0.6 is 0 Å². The molecule has 0 unspecified atom stereocenters. The molecule has 1 aromatic rings. The summed E-state index contributed by atoms with van der Waals surface area (Å²) in [5.41, 5.74) is 1.23. The van der Waals surface area contributed by atoms with Crippen LogP contribution in [0.2, 0.25) is 0 Å². The summed E-state index contributed by atoms with van der Waals surface area (Å²) >= 11 is 0. The fourth-order valence-corrected chi connectivity index (χ4v) is 6.72. The number of alkyl halides is 2. The van der Waals surface area contributed by atoms with E-state index in [-0.39, 0.29) is 11.9 Å². The second-order valence-electron chi connectivity index (χ2n) is 11.2. The summed E-state index contributed by atoms with van der Waals surface area (Å²) in [7, 11) is 0. The Morgan fingerprint density at radius 3 is 1.97 bits per heavy atom. The highest BCUT2D eigenvalue weighted by atomic mass is 19.3. The Bertz CT molecular complexity index is 794. The fourth-order valence-electron chi connectivity index (χ4n) is 6.72. The molecule has 35 heavy (non-hydrogen) atoms. The molecule has 0 bridgehead atoms. The maximum absolute atomic E-state index is 14.5. The minimum absolute atomic E-state index is 0.0784. The molecule has 4 heteroatoms. The first-order chi connectivity index (χ1) is 17.0. The molecule has 3 fully saturated rings. The van der Waals surface area contributed by atoms with E-state index in [0.717, 1.165) is 50.4 Å². The second-order valence-corrected chi connectivity index (χ2v) is 11.2. The van der Waals surface area contributed by atoms with Crippen molar-refractivity contribution in [1.29, 1.82) is 0 Å². The van der Waals surface area contributed by atoms with Gasteiger partial charge in [0.25, 0.3) is 0 Å². The summed E-state index contributed by atoms with van der Waals surface area (Å²) in [5, 5.41) is 0. The molecule has 0 saturated heterocycles. The van der Waals surface area contributed by atoms with Gasteiger partial charge in [-0.1, -0.05) is 30.4 Å². The van der Waals surface area contributed by atoms with E-state index in [1.807, 2.05) is 12.1 Å². The van der Waals surface area contributed by atoms with Crippen molar-refractivity contribution in [2.24, 2.45) is 23.7 Å². The first kappa shape index (κ1) is 26.4. The van der Waals surface area contributed by atoms with Crippen molar-refractivity contribution >= 4 is 0 Å². The number of allylic oxidation sites excluding steroid dienone is 3. The Morgan fingerprint density at radius 1 is 0.829 bits per heavy atom. The van der Waals surface area contributed by atoms with Crippen LogP contribution in [-0.2, 0) is 4.74 Å². The maximum atomic E-state index is 14.5. The van der Waals surface area contributed by atoms with E-state index < -0.39 is 12.7 Å². The van der Waals surface area contributed by atoms with E-state index in [1.54, 1.807) is 12.1 Å². The van der Waals surface area contributed by atoms with Gasteiger partial charge in [0, 0.05) is 0 Å². The molecule has 0 spiro atoms. The molecule has 194 valence electrons. The minimum Gasteiger partial charge on any atom is -0.431 e. The quantitative estimate of drug-likeness (QED) is 0.324. The Morgan fingerprint density at radius 2 is 1.40 bits per heavy atom. The Balaban J connectivity index is 1.17. The standard InChI is InChI=1S/C31H44F2O2/c1-3-5-24-8-12-26(13-9-24)28-16-20-30(21-17-28)35-31(32,33)22-34-29-18-14-27(15-19-29)25-10-6-23(4-2)7-11-25/h3-5,16-17,20-21,23-27,29H,2,6-15,18-19,22H2,1H3/b5-3+. The number of rotatable bonds is 9. The molecule has 0 aromatic heterocycles. The minimum atomic E-state index is -3.31. The van der Waals surface area contributed by atoms with Crippen molar-refractivity contribution in [3.8, 4) is 5.75 Å². The van der Waals surface area contributed by atoms with Crippen LogP contribution in [0.25, 0.3) is 0 Å². The van der Waals surface area contributed by atoms with Crippen LogP contribution < -0.4 is 4.74 Å². The summed E-state index contributed by atoms with van der Waals surface area (Å²) in [6.07, 6.45) is 16.9. The molecular weight excluding hydrogens is 442 g/mol. The molecule has 3 saturated carbocycles. The molecule has 0 atom stereocenters. The van der Waals surface area contributed by atoms with Gasteiger partial charge in [0.15, 0.2) is 6.61 Å². The predicted octanol–water partition coefficient (Wildman–Crippen LogP) is 9.08. The van der Waals surface area contributed by atoms with Gasteiger partial charge in [-0.3, -0.25) is 0 Å². The third-order valence-electron chi connectivity index (χ3n) is 8.88. The second kappa shape index (κ2) is 12.5. The van der Waals surface area contributed by atoms with Gasteiger partial charge in [0.05, 0.1) is 6.10 Å². The number of hydrogen-bond acceptors (Lipinski definition) is 2. The van der Waals surface area contributed by atoms with Gasteiger partial charge in [0.2, 0.25) is 0 Å². The third kappa shape index (κ3) is 7.65. The third-order valence-corrected chi connectivity index (χ3v) is 8.88. The molecular formula is C31H44F2O2. The van der Waals surface area contributed by atoms with Crippen molar-refractivity contribution in [1.82, 2.24) is 0 Å². The van der Waals surface area contributed by atoms with Crippen molar-refractivity contribution in [2.45, 2.75) is 102 Å². The van der Waals surface area contributed by atoms with E-state index in [0.29, 0.717) is 17.8 Å². The first-order valence-electron chi connectivity index (χ1n) is 14.0. The van der Waals surface area contributed by atoms with Gasteiger partial charge < -0.3 is 9.47 Å². The van der Waals surface area contributed by atoms with Gasteiger partial charge in [0.1, 0.15) is 5.75 Å². The Labute approximate surface area is 211 Å². The monoisotopic (exact) mass is 486 g/mol. The summed E-state index contributed by atoms with van der Waals surface area (Å²) in [5.74, 6) is 3.63. The van der Waals surface area contributed by atoms with Gasteiger partial charge in [-0.15, -0.1) is 6.58 Å². The van der Waals surface area contributed by atoms with E-state index in [9.17, 15) is 8.78 Å². The SMILES string of the molecule is C=CC1CCC(C2CCC(OCC(F)(F)Oc3ccc(C4CCC(/C=C/C)CC4)cc3)CC2)CC1. The number of benzene rings is 1. The summed E-state index contributed by atoms with van der Waals surface area (Å²) < 4.78 is 39.7. The zero-order valence-corrected chi connectivity index (χ0v) is 21.5. The molecule has 0 radical (unpaired) electrons. The fraction of sp³-hybridized carbons (Fsp3) is 0.677. The van der Waals surface area contributed by atoms with Crippen LogP contribution in [0.1, 0.15) is 95.5 Å². The van der Waals surface area contributed by atoms with Crippen LogP contribution in [-0.4, -0.2) is 18.8 Å². The van der Waals surface area contributed by atoms with Gasteiger partial charge in [-0.05, 0) is 131 Å². The predicted molar refractivity (Wildman–Crippen MR) is 139 cm³/mol. The Kier molecular flexibility index (Phi) is 9.44. The zero-order chi connectivity index (χ0) is 24.7. The number of ether oxygens (including phenoxy) is 2. The van der Waals surface area contributed by atoms with Crippen LogP contribution in [0.3, 0.4) is 0 Å². The highest BCUT2D eigenvalue weighted by Crippen LogP contribution is 2.41. The lowest BCUT2D eigenvalue weighted by molar-refractivity contribution is -0.222. The van der Waals surface area contributed by atoms with Crippen molar-refractivity contribution < 1.29 is 18.3 Å². The number of halogens is 2. The van der Waals surface area contributed by atoms with E-state index in [2.05, 4.69) is 31.7 Å².